The van der Waals surface area contributed by atoms with Crippen LogP contribution >= 0.6 is 0 Å². The minimum atomic E-state index is 1.16. The first-order valence-electron chi connectivity index (χ1n) is 2.87. The Morgan fingerprint density at radius 2 is 2.44 bits per heavy atom. The van der Waals surface area contributed by atoms with Crippen LogP contribution in [0.5, 0.6) is 0 Å². The second kappa shape index (κ2) is 2.44. The molecule has 0 aliphatic carbocycles. The van der Waals surface area contributed by atoms with E-state index in [4.69, 9.17) is 0 Å². The number of aromatic nitrogens is 1. The van der Waals surface area contributed by atoms with E-state index in [0.717, 1.165) is 5.56 Å². The van der Waals surface area contributed by atoms with Gasteiger partial charge in [0.2, 0.25) is 0 Å². The molecule has 0 N–H and O–H groups in total. The third-order valence-electron chi connectivity index (χ3n) is 1.28. The Kier molecular flexibility index (Phi) is 1.63. The van der Waals surface area contributed by atoms with Gasteiger partial charge in [0.15, 0.2) is 0 Å². The highest BCUT2D eigenvalue weighted by molar-refractivity contribution is 5.49. The minimum absolute atomic E-state index is 1.16. The number of nitrogens with zero attached hydrogens (tertiary/aromatic N) is 1. The van der Waals surface area contributed by atoms with Crippen molar-refractivity contribution in [1.29, 1.82) is 0 Å². The van der Waals surface area contributed by atoms with Crippen LogP contribution in [-0.2, 0) is 0 Å². The smallest absolute Gasteiger partial charge is 0.0303 e. The van der Waals surface area contributed by atoms with Gasteiger partial charge in [-0.25, -0.2) is 0 Å². The molecule has 1 rings (SSSR count). The van der Waals surface area contributed by atoms with Crippen LogP contribution in [0.2, 0.25) is 0 Å². The summed E-state index contributed by atoms with van der Waals surface area (Å²) in [6, 6.07) is 1.95. The Balaban J connectivity index is 3.15. The van der Waals surface area contributed by atoms with Crippen molar-refractivity contribution in [2.24, 2.45) is 0 Å². The van der Waals surface area contributed by atoms with Crippen molar-refractivity contribution >= 4 is 6.08 Å². The van der Waals surface area contributed by atoms with Gasteiger partial charge in [-0.2, -0.15) is 0 Å². The normalized spacial score (nSPS) is 9.00. The summed E-state index contributed by atoms with van der Waals surface area (Å²) in [5.41, 5.74) is 2.33. The van der Waals surface area contributed by atoms with Gasteiger partial charge in [0, 0.05) is 12.4 Å². The Labute approximate surface area is 55.1 Å². The lowest BCUT2D eigenvalue weighted by Gasteiger charge is -1.94. The summed E-state index contributed by atoms with van der Waals surface area (Å²) in [4.78, 5) is 3.95. The van der Waals surface area contributed by atoms with Gasteiger partial charge in [-0.15, -0.1) is 0 Å². The predicted molar refractivity (Wildman–Crippen MR) is 39.1 cm³/mol. The lowest BCUT2D eigenvalue weighted by Crippen LogP contribution is -1.79. The van der Waals surface area contributed by atoms with Gasteiger partial charge in [-0.1, -0.05) is 12.7 Å². The van der Waals surface area contributed by atoms with Crippen LogP contribution in [-0.4, -0.2) is 4.98 Å². The number of pyridine rings is 1. The molecule has 0 spiro atoms. The van der Waals surface area contributed by atoms with E-state index in [9.17, 15) is 0 Å². The molecule has 1 aromatic heterocycles. The molecule has 0 radical (unpaired) electrons. The minimum Gasteiger partial charge on any atom is -0.264 e. The standard InChI is InChI=1S/C8H9N/c1-3-8-4-5-9-6-7(8)2/h3-6H,1H2,2H3. The molecule has 1 aromatic rings. The van der Waals surface area contributed by atoms with Gasteiger partial charge in [-0.3, -0.25) is 4.98 Å². The molecule has 0 fully saturated rings. The molecular weight excluding hydrogens is 110 g/mol. The Bertz CT molecular complexity index is 216. The van der Waals surface area contributed by atoms with Crippen LogP contribution in [0, 0.1) is 6.92 Å². The zero-order valence-corrected chi connectivity index (χ0v) is 5.46. The van der Waals surface area contributed by atoms with E-state index >= 15 is 0 Å². The van der Waals surface area contributed by atoms with Crippen molar-refractivity contribution in [3.63, 3.8) is 0 Å². The van der Waals surface area contributed by atoms with Gasteiger partial charge in [0.25, 0.3) is 0 Å². The first-order chi connectivity index (χ1) is 4.34. The molecule has 1 heteroatoms. The second-order valence-electron chi connectivity index (χ2n) is 1.94. The van der Waals surface area contributed by atoms with Crippen LogP contribution in [0.3, 0.4) is 0 Å². The summed E-state index contributed by atoms with van der Waals surface area (Å²) < 4.78 is 0. The van der Waals surface area contributed by atoms with Crippen LogP contribution in [0.25, 0.3) is 6.08 Å². The maximum atomic E-state index is 3.95. The number of hydrogen-bond donors (Lipinski definition) is 0. The van der Waals surface area contributed by atoms with Crippen LogP contribution < -0.4 is 0 Å². The van der Waals surface area contributed by atoms with Crippen molar-refractivity contribution in [1.82, 2.24) is 4.98 Å². The van der Waals surface area contributed by atoms with E-state index in [1.807, 2.05) is 25.3 Å². The molecule has 0 aromatic carbocycles. The molecule has 0 amide bonds. The Morgan fingerprint density at radius 3 is 2.89 bits per heavy atom. The summed E-state index contributed by atoms with van der Waals surface area (Å²) in [6.07, 6.45) is 5.43. The zero-order chi connectivity index (χ0) is 6.69. The molecule has 1 nitrogen and oxygen atoms in total. The zero-order valence-electron chi connectivity index (χ0n) is 5.46. The maximum Gasteiger partial charge on any atom is 0.0303 e. The molecule has 0 bridgehead atoms. The quantitative estimate of drug-likeness (QED) is 0.551. The maximum absolute atomic E-state index is 3.95. The molecule has 0 saturated carbocycles. The first kappa shape index (κ1) is 6.02. The fourth-order valence-corrected chi connectivity index (χ4v) is 0.713. The van der Waals surface area contributed by atoms with Crippen LogP contribution in [0.1, 0.15) is 11.1 Å². The summed E-state index contributed by atoms with van der Waals surface area (Å²) >= 11 is 0. The molecule has 0 saturated heterocycles. The van der Waals surface area contributed by atoms with E-state index in [0.29, 0.717) is 0 Å². The highest BCUT2D eigenvalue weighted by atomic mass is 14.6. The number of aryl methyl sites for hydroxylation is 1. The van der Waals surface area contributed by atoms with Crippen molar-refractivity contribution in [3.05, 3.63) is 36.2 Å². The van der Waals surface area contributed by atoms with Gasteiger partial charge in [0.1, 0.15) is 0 Å². The third-order valence-corrected chi connectivity index (χ3v) is 1.28. The average Bonchev–Trinajstić information content (AvgIpc) is 1.89. The average molecular weight is 119 g/mol. The molecule has 0 aliphatic rings. The summed E-state index contributed by atoms with van der Waals surface area (Å²) in [5.74, 6) is 0. The number of rotatable bonds is 1. The fourth-order valence-electron chi connectivity index (χ4n) is 0.713. The Hall–Kier alpha value is -1.11. The largest absolute Gasteiger partial charge is 0.264 e. The molecule has 9 heavy (non-hydrogen) atoms. The molecule has 0 atom stereocenters. The van der Waals surface area contributed by atoms with Gasteiger partial charge in [-0.05, 0) is 24.1 Å². The van der Waals surface area contributed by atoms with E-state index < -0.39 is 0 Å². The van der Waals surface area contributed by atoms with E-state index in [-0.39, 0.29) is 0 Å². The topological polar surface area (TPSA) is 12.9 Å². The molecule has 0 aliphatic heterocycles. The van der Waals surface area contributed by atoms with Crippen molar-refractivity contribution in [3.8, 4) is 0 Å². The molecule has 46 valence electrons. The predicted octanol–water partition coefficient (Wildman–Crippen LogP) is 2.03. The summed E-state index contributed by atoms with van der Waals surface area (Å²) in [7, 11) is 0. The molecule has 1 heterocycles. The molecular formula is C8H9N. The van der Waals surface area contributed by atoms with Crippen LogP contribution in [0.4, 0.5) is 0 Å². The highest BCUT2D eigenvalue weighted by Gasteiger charge is 1.87. The number of hydrogen-bond acceptors (Lipinski definition) is 1. The lowest BCUT2D eigenvalue weighted by molar-refractivity contribution is 1.26. The fraction of sp³-hybridized carbons (Fsp3) is 0.125. The van der Waals surface area contributed by atoms with E-state index in [2.05, 4.69) is 11.6 Å². The van der Waals surface area contributed by atoms with E-state index in [1.54, 1.807) is 6.20 Å². The Morgan fingerprint density at radius 1 is 1.67 bits per heavy atom. The third kappa shape index (κ3) is 1.17. The van der Waals surface area contributed by atoms with Crippen molar-refractivity contribution in [2.75, 3.05) is 0 Å². The second-order valence-corrected chi connectivity index (χ2v) is 1.94. The van der Waals surface area contributed by atoms with Gasteiger partial charge in [0.05, 0.1) is 0 Å². The van der Waals surface area contributed by atoms with E-state index in [1.165, 1.54) is 5.56 Å². The van der Waals surface area contributed by atoms with Crippen LogP contribution in [0.15, 0.2) is 25.0 Å². The summed E-state index contributed by atoms with van der Waals surface area (Å²) in [5, 5.41) is 0. The van der Waals surface area contributed by atoms with Crippen molar-refractivity contribution < 1.29 is 0 Å². The van der Waals surface area contributed by atoms with Crippen molar-refractivity contribution in [2.45, 2.75) is 6.92 Å². The van der Waals surface area contributed by atoms with Gasteiger partial charge < -0.3 is 0 Å². The SMILES string of the molecule is C=Cc1ccncc1C. The van der Waals surface area contributed by atoms with Gasteiger partial charge >= 0.3 is 0 Å². The lowest BCUT2D eigenvalue weighted by atomic mass is 10.2. The highest BCUT2D eigenvalue weighted by Crippen LogP contribution is 2.04. The molecule has 0 unspecified atom stereocenters. The summed E-state index contributed by atoms with van der Waals surface area (Å²) in [6.45, 7) is 5.68. The first-order valence-corrected chi connectivity index (χ1v) is 2.87. The monoisotopic (exact) mass is 119 g/mol.